The molecule has 1 aliphatic rings. The van der Waals surface area contributed by atoms with Gasteiger partial charge in [-0.05, 0) is 49.6 Å². The Morgan fingerprint density at radius 2 is 1.68 bits per heavy atom. The van der Waals surface area contributed by atoms with Gasteiger partial charge < -0.3 is 5.32 Å². The number of anilines is 1. The van der Waals surface area contributed by atoms with Gasteiger partial charge >= 0.3 is 0 Å². The van der Waals surface area contributed by atoms with E-state index >= 15 is 0 Å². The molecular weight excluding hydrogens is 358 g/mol. The molecule has 1 fully saturated rings. The molecule has 0 heterocycles. The number of benzene rings is 2. The van der Waals surface area contributed by atoms with Crippen molar-refractivity contribution in [2.45, 2.75) is 42.2 Å². The second kappa shape index (κ2) is 6.81. The van der Waals surface area contributed by atoms with Crippen LogP contribution < -0.4 is 5.32 Å². The lowest BCUT2D eigenvalue weighted by molar-refractivity contribution is -0.118. The first kappa shape index (κ1) is 18.0. The summed E-state index contributed by atoms with van der Waals surface area (Å²) in [5, 5.41) is 3.34. The maximum absolute atomic E-state index is 13.3. The quantitative estimate of drug-likeness (QED) is 0.860. The topological polar surface area (TPSA) is 63.2 Å². The highest BCUT2D eigenvalue weighted by Crippen LogP contribution is 2.41. The first-order chi connectivity index (χ1) is 11.9. The van der Waals surface area contributed by atoms with Gasteiger partial charge in [-0.15, -0.1) is 0 Å². The molecule has 2 aromatic carbocycles. The largest absolute Gasteiger partial charge is 0.324 e. The van der Waals surface area contributed by atoms with Crippen molar-refractivity contribution in [1.82, 2.24) is 0 Å². The Morgan fingerprint density at radius 3 is 2.32 bits per heavy atom. The molecule has 0 atom stereocenters. The minimum absolute atomic E-state index is 0.190. The average Bonchev–Trinajstić information content (AvgIpc) is 3.11. The van der Waals surface area contributed by atoms with E-state index < -0.39 is 20.5 Å². The summed E-state index contributed by atoms with van der Waals surface area (Å²) in [6, 6.07) is 13.4. The van der Waals surface area contributed by atoms with E-state index in [-0.39, 0.29) is 4.90 Å². The second-order valence-corrected chi connectivity index (χ2v) is 9.05. The minimum atomic E-state index is -3.79. The zero-order valence-corrected chi connectivity index (χ0v) is 15.5. The van der Waals surface area contributed by atoms with Gasteiger partial charge in [0.2, 0.25) is 5.91 Å². The first-order valence-corrected chi connectivity index (χ1v) is 10.1. The van der Waals surface area contributed by atoms with Crippen LogP contribution >= 0.6 is 11.6 Å². The van der Waals surface area contributed by atoms with Crippen molar-refractivity contribution in [3.8, 4) is 0 Å². The van der Waals surface area contributed by atoms with Crippen LogP contribution in [0.25, 0.3) is 0 Å². The van der Waals surface area contributed by atoms with Crippen molar-refractivity contribution in [1.29, 1.82) is 0 Å². The molecule has 0 radical (unpaired) electrons. The highest BCUT2D eigenvalue weighted by atomic mass is 35.5. The lowest BCUT2D eigenvalue weighted by Crippen LogP contribution is -2.47. The van der Waals surface area contributed by atoms with Crippen molar-refractivity contribution < 1.29 is 13.2 Å². The standard InChI is InChI=1S/C19H20ClNO3S/c1-14-16(20)10-7-11-17(14)21-18(22)19(12-5-6-13-19)25(23,24)15-8-3-2-4-9-15/h2-4,7-11H,5-6,12-13H2,1H3,(H,21,22). The molecule has 0 spiro atoms. The van der Waals surface area contributed by atoms with E-state index in [0.29, 0.717) is 36.4 Å². The van der Waals surface area contributed by atoms with Crippen LogP contribution in [0.5, 0.6) is 0 Å². The molecule has 1 aliphatic carbocycles. The van der Waals surface area contributed by atoms with Crippen molar-refractivity contribution in [3.63, 3.8) is 0 Å². The molecule has 0 saturated heterocycles. The SMILES string of the molecule is Cc1c(Cl)cccc1NC(=O)C1(S(=O)(=O)c2ccccc2)CCCC1. The summed E-state index contributed by atoms with van der Waals surface area (Å²) < 4.78 is 25.1. The highest BCUT2D eigenvalue weighted by Gasteiger charge is 2.52. The molecule has 0 unspecified atom stereocenters. The second-order valence-electron chi connectivity index (χ2n) is 6.38. The summed E-state index contributed by atoms with van der Waals surface area (Å²) in [5.41, 5.74) is 1.27. The van der Waals surface area contributed by atoms with Gasteiger partial charge in [0.25, 0.3) is 0 Å². The van der Waals surface area contributed by atoms with Crippen LogP contribution in [-0.4, -0.2) is 19.1 Å². The molecule has 4 nitrogen and oxygen atoms in total. The van der Waals surface area contributed by atoms with E-state index in [1.165, 1.54) is 0 Å². The van der Waals surface area contributed by atoms with E-state index in [0.717, 1.165) is 5.56 Å². The van der Waals surface area contributed by atoms with Crippen LogP contribution in [0, 0.1) is 6.92 Å². The molecule has 0 aliphatic heterocycles. The molecule has 1 amide bonds. The van der Waals surface area contributed by atoms with E-state index in [1.54, 1.807) is 55.5 Å². The predicted molar refractivity (Wildman–Crippen MR) is 99.6 cm³/mol. The molecule has 2 aromatic rings. The van der Waals surface area contributed by atoms with Gasteiger partial charge in [0.1, 0.15) is 0 Å². The molecular formula is C19H20ClNO3S. The van der Waals surface area contributed by atoms with Gasteiger partial charge in [-0.1, -0.05) is 48.7 Å². The normalized spacial score (nSPS) is 16.6. The molecule has 25 heavy (non-hydrogen) atoms. The van der Waals surface area contributed by atoms with Gasteiger partial charge in [0, 0.05) is 10.7 Å². The van der Waals surface area contributed by atoms with E-state index in [1.807, 2.05) is 0 Å². The number of carbonyl (C=O) groups excluding carboxylic acids is 1. The average molecular weight is 378 g/mol. The van der Waals surface area contributed by atoms with Crippen LogP contribution in [-0.2, 0) is 14.6 Å². The van der Waals surface area contributed by atoms with Crippen molar-refractivity contribution in [2.75, 3.05) is 5.32 Å². The van der Waals surface area contributed by atoms with E-state index in [9.17, 15) is 13.2 Å². The van der Waals surface area contributed by atoms with Gasteiger partial charge in [-0.3, -0.25) is 4.79 Å². The Bertz CT molecular complexity index is 888. The number of nitrogens with one attached hydrogen (secondary N) is 1. The lowest BCUT2D eigenvalue weighted by Gasteiger charge is -2.28. The number of sulfone groups is 1. The summed E-state index contributed by atoms with van der Waals surface area (Å²) >= 11 is 6.11. The van der Waals surface area contributed by atoms with Crippen LogP contribution in [0.3, 0.4) is 0 Å². The summed E-state index contributed by atoms with van der Waals surface area (Å²) in [7, 11) is -3.79. The smallest absolute Gasteiger partial charge is 0.246 e. The van der Waals surface area contributed by atoms with E-state index in [2.05, 4.69) is 5.32 Å². The Kier molecular flexibility index (Phi) is 4.89. The lowest BCUT2D eigenvalue weighted by atomic mass is 10.1. The third kappa shape index (κ3) is 3.07. The summed E-state index contributed by atoms with van der Waals surface area (Å²) in [5.74, 6) is -0.473. The van der Waals surface area contributed by atoms with Crippen molar-refractivity contribution in [2.24, 2.45) is 0 Å². The number of rotatable bonds is 4. The molecule has 1 N–H and O–H groups in total. The Labute approximate surface area is 153 Å². The van der Waals surface area contributed by atoms with Crippen LogP contribution in [0.15, 0.2) is 53.4 Å². The fourth-order valence-electron chi connectivity index (χ4n) is 3.37. The molecule has 0 bridgehead atoms. The summed E-state index contributed by atoms with van der Waals surface area (Å²) in [6.45, 7) is 1.80. The third-order valence-electron chi connectivity index (χ3n) is 4.91. The maximum atomic E-state index is 13.3. The highest BCUT2D eigenvalue weighted by molar-refractivity contribution is 7.93. The predicted octanol–water partition coefficient (Wildman–Crippen LogP) is 4.37. The Hall–Kier alpha value is -1.85. The Balaban J connectivity index is 2.01. The molecule has 3 rings (SSSR count). The molecule has 132 valence electrons. The van der Waals surface area contributed by atoms with Crippen LogP contribution in [0.1, 0.15) is 31.2 Å². The van der Waals surface area contributed by atoms with Crippen LogP contribution in [0.4, 0.5) is 5.69 Å². The zero-order valence-electron chi connectivity index (χ0n) is 14.0. The summed E-state index contributed by atoms with van der Waals surface area (Å²) in [4.78, 5) is 13.3. The number of hydrogen-bond donors (Lipinski definition) is 1. The monoisotopic (exact) mass is 377 g/mol. The fourth-order valence-corrected chi connectivity index (χ4v) is 5.63. The molecule has 6 heteroatoms. The van der Waals surface area contributed by atoms with E-state index in [4.69, 9.17) is 11.6 Å². The minimum Gasteiger partial charge on any atom is -0.324 e. The number of amides is 1. The van der Waals surface area contributed by atoms with Gasteiger partial charge in [0.05, 0.1) is 4.90 Å². The fraction of sp³-hybridized carbons (Fsp3) is 0.316. The van der Waals surface area contributed by atoms with Crippen LogP contribution in [0.2, 0.25) is 5.02 Å². The molecule has 0 aromatic heterocycles. The number of halogens is 1. The zero-order chi connectivity index (χ0) is 18.1. The maximum Gasteiger partial charge on any atom is 0.246 e. The van der Waals surface area contributed by atoms with Gasteiger partial charge in [0.15, 0.2) is 14.6 Å². The van der Waals surface area contributed by atoms with Gasteiger partial charge in [-0.25, -0.2) is 8.42 Å². The molecule has 1 saturated carbocycles. The number of carbonyl (C=O) groups is 1. The third-order valence-corrected chi connectivity index (χ3v) is 7.83. The first-order valence-electron chi connectivity index (χ1n) is 8.25. The van der Waals surface area contributed by atoms with Crippen molar-refractivity contribution in [3.05, 3.63) is 59.1 Å². The Morgan fingerprint density at radius 1 is 1.04 bits per heavy atom. The van der Waals surface area contributed by atoms with Crippen molar-refractivity contribution >= 4 is 33.0 Å². The summed E-state index contributed by atoms with van der Waals surface area (Å²) in [6.07, 6.45) is 2.09. The van der Waals surface area contributed by atoms with Gasteiger partial charge in [-0.2, -0.15) is 0 Å². The number of hydrogen-bond acceptors (Lipinski definition) is 3.